The molecule has 7 heteroatoms. The summed E-state index contributed by atoms with van der Waals surface area (Å²) >= 11 is 6.11. The van der Waals surface area contributed by atoms with Gasteiger partial charge in [-0.25, -0.2) is 0 Å². The summed E-state index contributed by atoms with van der Waals surface area (Å²) < 4.78 is 10.9. The first-order valence-corrected chi connectivity index (χ1v) is 12.9. The van der Waals surface area contributed by atoms with Crippen LogP contribution in [0.1, 0.15) is 30.4 Å². The average molecular weight is 517 g/mol. The van der Waals surface area contributed by atoms with Gasteiger partial charge in [0.15, 0.2) is 11.5 Å². The van der Waals surface area contributed by atoms with Crippen LogP contribution < -0.4 is 14.8 Å². The number of carbonyl (C=O) groups excluding carboxylic acids is 2. The summed E-state index contributed by atoms with van der Waals surface area (Å²) in [6, 6.07) is 21.7. The van der Waals surface area contributed by atoms with E-state index in [1.807, 2.05) is 54.6 Å². The number of anilines is 1. The van der Waals surface area contributed by atoms with Gasteiger partial charge in [0.05, 0.1) is 6.42 Å². The Hall–Kier alpha value is -3.77. The fourth-order valence-corrected chi connectivity index (χ4v) is 5.03. The number of halogens is 1. The maximum absolute atomic E-state index is 13.9. The van der Waals surface area contributed by atoms with E-state index in [0.29, 0.717) is 28.8 Å². The van der Waals surface area contributed by atoms with Crippen molar-refractivity contribution in [3.63, 3.8) is 0 Å². The second-order valence-electron chi connectivity index (χ2n) is 9.36. The molecule has 2 amide bonds. The molecule has 6 nitrogen and oxygen atoms in total. The smallest absolute Gasteiger partial charge is 0.247 e. The van der Waals surface area contributed by atoms with Gasteiger partial charge in [0, 0.05) is 23.3 Å². The molecule has 0 radical (unpaired) electrons. The number of carbonyl (C=O) groups is 2. The molecular formula is C30H29ClN2O4. The quantitative estimate of drug-likeness (QED) is 0.373. The molecule has 0 fully saturated rings. The minimum absolute atomic E-state index is 0.00830. The summed E-state index contributed by atoms with van der Waals surface area (Å²) in [5.41, 5.74) is 2.43. The van der Waals surface area contributed by atoms with Crippen LogP contribution in [-0.4, -0.2) is 29.5 Å². The van der Waals surface area contributed by atoms with Crippen molar-refractivity contribution in [2.24, 2.45) is 5.92 Å². The standard InChI is InChI=1S/C30H29ClN2O4/c31-24-13-11-22(12-14-24)19-33(28(34)17-21-7-3-1-4-8-21)29(23-9-5-2-6-10-23)30(35)32-25-15-16-26-27(18-25)37-20-36-26/h1-5,7-8,11-16,18,23,29H,6,9-10,17,19-20H2,(H,32,35)/t23-,29+/m1/s1. The Balaban J connectivity index is 1.46. The molecule has 1 N–H and O–H groups in total. The fraction of sp³-hybridized carbons (Fsp3) is 0.267. The number of rotatable bonds is 8. The summed E-state index contributed by atoms with van der Waals surface area (Å²) in [4.78, 5) is 29.5. The van der Waals surface area contributed by atoms with Gasteiger partial charge in [-0.3, -0.25) is 9.59 Å². The predicted molar refractivity (Wildman–Crippen MR) is 144 cm³/mol. The van der Waals surface area contributed by atoms with E-state index in [1.165, 1.54) is 0 Å². The van der Waals surface area contributed by atoms with E-state index in [9.17, 15) is 9.59 Å². The Morgan fingerprint density at radius 3 is 2.49 bits per heavy atom. The first kappa shape index (κ1) is 24.9. The van der Waals surface area contributed by atoms with Gasteiger partial charge in [0.25, 0.3) is 0 Å². The highest BCUT2D eigenvalue weighted by Crippen LogP contribution is 2.35. The van der Waals surface area contributed by atoms with E-state index in [0.717, 1.165) is 30.4 Å². The van der Waals surface area contributed by atoms with E-state index in [1.54, 1.807) is 23.1 Å². The van der Waals surface area contributed by atoms with E-state index >= 15 is 0 Å². The van der Waals surface area contributed by atoms with Crippen molar-refractivity contribution in [2.45, 2.75) is 38.3 Å². The highest BCUT2D eigenvalue weighted by molar-refractivity contribution is 6.30. The number of ether oxygens (including phenoxy) is 2. The Morgan fingerprint density at radius 1 is 0.946 bits per heavy atom. The van der Waals surface area contributed by atoms with Crippen LogP contribution >= 0.6 is 11.6 Å². The van der Waals surface area contributed by atoms with Crippen LogP contribution in [0.15, 0.2) is 84.9 Å². The summed E-state index contributed by atoms with van der Waals surface area (Å²) in [6.07, 6.45) is 6.89. The summed E-state index contributed by atoms with van der Waals surface area (Å²) in [5.74, 6) is 0.921. The number of hydrogen-bond donors (Lipinski definition) is 1. The molecule has 37 heavy (non-hydrogen) atoms. The lowest BCUT2D eigenvalue weighted by atomic mass is 9.85. The van der Waals surface area contributed by atoms with Gasteiger partial charge in [-0.2, -0.15) is 0 Å². The highest BCUT2D eigenvalue weighted by atomic mass is 35.5. The number of allylic oxidation sites excluding steroid dienone is 2. The van der Waals surface area contributed by atoms with Crippen LogP contribution in [0.2, 0.25) is 5.02 Å². The molecule has 0 saturated carbocycles. The van der Waals surface area contributed by atoms with Gasteiger partial charge in [-0.1, -0.05) is 66.2 Å². The highest BCUT2D eigenvalue weighted by Gasteiger charge is 2.36. The molecule has 0 unspecified atom stereocenters. The number of nitrogens with one attached hydrogen (secondary N) is 1. The van der Waals surface area contributed by atoms with Crippen LogP contribution in [0.3, 0.4) is 0 Å². The van der Waals surface area contributed by atoms with Crippen molar-refractivity contribution in [3.8, 4) is 11.5 Å². The van der Waals surface area contributed by atoms with E-state index in [4.69, 9.17) is 21.1 Å². The van der Waals surface area contributed by atoms with Gasteiger partial charge in [-0.05, 0) is 60.6 Å². The molecule has 5 rings (SSSR count). The van der Waals surface area contributed by atoms with Crippen LogP contribution in [0.4, 0.5) is 5.69 Å². The minimum Gasteiger partial charge on any atom is -0.454 e. The molecule has 190 valence electrons. The molecule has 3 aromatic rings. The van der Waals surface area contributed by atoms with Crippen LogP contribution in [0, 0.1) is 5.92 Å². The Kier molecular flexibility index (Phi) is 7.76. The molecule has 3 aromatic carbocycles. The van der Waals surface area contributed by atoms with Gasteiger partial charge in [-0.15, -0.1) is 0 Å². The zero-order valence-electron chi connectivity index (χ0n) is 20.4. The first-order chi connectivity index (χ1) is 18.1. The fourth-order valence-electron chi connectivity index (χ4n) is 4.90. The molecule has 2 aliphatic rings. The monoisotopic (exact) mass is 516 g/mol. The Bertz CT molecular complexity index is 1280. The molecular weight excluding hydrogens is 488 g/mol. The summed E-state index contributed by atoms with van der Waals surface area (Å²) in [6.45, 7) is 0.467. The second-order valence-corrected chi connectivity index (χ2v) is 9.79. The normalized spacial score (nSPS) is 16.7. The molecule has 0 spiro atoms. The van der Waals surface area contributed by atoms with Gasteiger partial charge < -0.3 is 19.7 Å². The Labute approximate surface area is 221 Å². The molecule has 0 saturated heterocycles. The summed E-state index contributed by atoms with van der Waals surface area (Å²) in [7, 11) is 0. The largest absolute Gasteiger partial charge is 0.454 e. The van der Waals surface area contributed by atoms with E-state index in [2.05, 4.69) is 17.5 Å². The van der Waals surface area contributed by atoms with Gasteiger partial charge >= 0.3 is 0 Å². The number of nitrogens with zero attached hydrogens (tertiary/aromatic N) is 1. The number of hydrogen-bond acceptors (Lipinski definition) is 4. The molecule has 0 bridgehead atoms. The molecule has 1 aliphatic carbocycles. The van der Waals surface area contributed by atoms with Crippen molar-refractivity contribution in [1.29, 1.82) is 0 Å². The van der Waals surface area contributed by atoms with Crippen molar-refractivity contribution < 1.29 is 19.1 Å². The topological polar surface area (TPSA) is 67.9 Å². The van der Waals surface area contributed by atoms with Crippen LogP contribution in [-0.2, 0) is 22.6 Å². The third-order valence-corrected chi connectivity index (χ3v) is 7.04. The lowest BCUT2D eigenvalue weighted by Gasteiger charge is -2.37. The number of amides is 2. The third-order valence-electron chi connectivity index (χ3n) is 6.79. The average Bonchev–Trinajstić information content (AvgIpc) is 3.39. The SMILES string of the molecule is O=C(Nc1ccc2c(c1)OCO2)[C@H]([C@@H]1CC=CCC1)N(Cc1ccc(Cl)cc1)C(=O)Cc1ccccc1. The lowest BCUT2D eigenvalue weighted by molar-refractivity contribution is -0.141. The predicted octanol–water partition coefficient (Wildman–Crippen LogP) is 6.00. The van der Waals surface area contributed by atoms with Crippen molar-refractivity contribution in [3.05, 3.63) is 101 Å². The first-order valence-electron chi connectivity index (χ1n) is 12.5. The molecule has 1 aliphatic heterocycles. The lowest BCUT2D eigenvalue weighted by Crippen LogP contribution is -2.51. The van der Waals surface area contributed by atoms with Gasteiger partial charge in [0.1, 0.15) is 6.04 Å². The molecule has 0 aromatic heterocycles. The van der Waals surface area contributed by atoms with E-state index < -0.39 is 6.04 Å². The number of benzene rings is 3. The molecule has 1 heterocycles. The second kappa shape index (κ2) is 11.5. The molecule has 2 atom stereocenters. The Morgan fingerprint density at radius 2 is 1.73 bits per heavy atom. The minimum atomic E-state index is -0.651. The van der Waals surface area contributed by atoms with Crippen LogP contribution in [0.5, 0.6) is 11.5 Å². The maximum Gasteiger partial charge on any atom is 0.247 e. The number of fused-ring (bicyclic) bond motifs is 1. The van der Waals surface area contributed by atoms with Crippen molar-refractivity contribution in [1.82, 2.24) is 4.90 Å². The summed E-state index contributed by atoms with van der Waals surface area (Å²) in [5, 5.41) is 3.67. The maximum atomic E-state index is 13.9. The zero-order valence-corrected chi connectivity index (χ0v) is 21.2. The van der Waals surface area contributed by atoms with Crippen LogP contribution in [0.25, 0.3) is 0 Å². The van der Waals surface area contributed by atoms with Gasteiger partial charge in [0.2, 0.25) is 18.6 Å². The van der Waals surface area contributed by atoms with Crippen molar-refractivity contribution in [2.75, 3.05) is 12.1 Å². The van der Waals surface area contributed by atoms with Crippen molar-refractivity contribution >= 4 is 29.1 Å². The third kappa shape index (κ3) is 6.15. The zero-order chi connectivity index (χ0) is 25.6. The van der Waals surface area contributed by atoms with E-state index in [-0.39, 0.29) is 30.9 Å².